The van der Waals surface area contributed by atoms with Crippen molar-refractivity contribution in [2.45, 2.75) is 239 Å². The number of alkyl halides is 9. The Balaban J connectivity index is 0.726. The van der Waals surface area contributed by atoms with E-state index in [0.29, 0.717) is 37.5 Å². The summed E-state index contributed by atoms with van der Waals surface area (Å²) in [5.74, 6) is -5.89. The van der Waals surface area contributed by atoms with Gasteiger partial charge in [-0.15, -0.1) is 15.3 Å². The van der Waals surface area contributed by atoms with Crippen molar-refractivity contribution in [3.8, 4) is 17.6 Å². The Morgan fingerprint density at radius 3 is 0.943 bits per heavy atom. The van der Waals surface area contributed by atoms with Crippen LogP contribution in [0, 0.1) is 0 Å². The Morgan fingerprint density at radius 1 is 0.371 bits per heavy atom. The Morgan fingerprint density at radius 2 is 0.657 bits per heavy atom. The molecule has 3 saturated heterocycles. The van der Waals surface area contributed by atoms with E-state index in [9.17, 15) is 109 Å². The van der Waals surface area contributed by atoms with Crippen molar-refractivity contribution in [1.29, 1.82) is 0 Å². The number of aliphatic hydroxyl groups excluding tert-OH is 9. The maximum Gasteiger partial charge on any atom is 0.433 e. The molecule has 0 spiro atoms. The molecule has 0 saturated carbocycles. The van der Waals surface area contributed by atoms with Gasteiger partial charge in [-0.05, 0) is 32.1 Å². The molecule has 0 aliphatic carbocycles. The van der Waals surface area contributed by atoms with Crippen LogP contribution in [0.25, 0.3) is 0 Å². The monoisotopic (exact) mass is 2020 g/mol. The van der Waals surface area contributed by atoms with Gasteiger partial charge < -0.3 is 145 Å². The zero-order valence-corrected chi connectivity index (χ0v) is 76.3. The fourth-order valence-electron chi connectivity index (χ4n) is 14.2. The van der Waals surface area contributed by atoms with Crippen molar-refractivity contribution in [3.05, 3.63) is 71.0 Å². The second-order valence-corrected chi connectivity index (χ2v) is 32.7. The molecule has 140 heavy (non-hydrogen) atoms. The van der Waals surface area contributed by atoms with Gasteiger partial charge >= 0.3 is 24.5 Å². The molecule has 0 bridgehead atoms. The first kappa shape index (κ1) is 113. The number of amides is 4. The molecule has 17 N–H and O–H groups in total. The first-order valence-corrected chi connectivity index (χ1v) is 45.3. The normalized spacial score (nSPS) is 20.2. The van der Waals surface area contributed by atoms with Crippen molar-refractivity contribution in [3.63, 3.8) is 0 Å². The highest BCUT2D eigenvalue weighted by molar-refractivity contribution is 5.80. The van der Waals surface area contributed by atoms with E-state index in [1.54, 1.807) is 0 Å². The zero-order chi connectivity index (χ0) is 101. The lowest BCUT2D eigenvalue weighted by Gasteiger charge is -2.37. The molecular weight excluding hydrogens is 1900 g/mol. The number of rotatable bonds is 66. The largest absolute Gasteiger partial charge is 0.481 e. The van der Waals surface area contributed by atoms with Gasteiger partial charge in [0, 0.05) is 75.5 Å². The highest BCUT2D eigenvalue weighted by Gasteiger charge is 2.44. The third-order valence-electron chi connectivity index (χ3n) is 21.9. The number of unbranched alkanes of at least 4 members (excludes halogenated alkanes) is 7. The number of hydrogen-bond acceptors (Lipinski definition) is 41. The number of halogens is 9. The SMILES string of the molecule is O=C(O)CCCCCCCCCCC(=O)NC(CCC(=O)NCCOCCOCCn1cc(COc2cc(C(F)(F)F)nc(N[C@H]3CO[C@H](CO)[C@H](O)[C@@H]3O)n2)nn1)(CCC(=O)NCCOCCOCCn1cc(COc2cc(C(F)(F)F)nc(N[C@H]3CO[C@H](CO)[C@H](O)[C@@H]3O)n2)nn1)CCC(=O)NCCOCCOCCn1cc(COc2cc(C(F)(F)F)nc(N[C@H]3CO[C@H](CO)[C@H](O)[C@@H]3O)n2)nn1. The van der Waals surface area contributed by atoms with E-state index >= 15 is 0 Å². The molecule has 58 heteroatoms. The number of carbonyl (C=O) groups is 5. The van der Waals surface area contributed by atoms with Crippen LogP contribution in [0.5, 0.6) is 17.6 Å². The Labute approximate surface area is 794 Å². The van der Waals surface area contributed by atoms with Crippen molar-refractivity contribution < 1.29 is 171 Å². The van der Waals surface area contributed by atoms with Gasteiger partial charge in [-0.1, -0.05) is 54.2 Å². The van der Waals surface area contributed by atoms with E-state index < -0.39 is 193 Å². The molecule has 3 aliphatic rings. The molecular formula is C82H121F9N22O27. The van der Waals surface area contributed by atoms with Gasteiger partial charge in [-0.2, -0.15) is 54.5 Å². The van der Waals surface area contributed by atoms with Crippen LogP contribution in [-0.4, -0.2) is 373 Å². The molecule has 784 valence electrons. The standard InChI is InChI=1S/C82H121F9N22O27/c83-80(84,85)59-35-66(101-76(98-59)95-53-47-135-56(41-114)73(126)70(53)123)138-44-50-38-111(108-105-50)20-26-132-32-29-129-23-17-92-62(117)11-14-79(104-65(120)9-7-5-3-1-2-4-6-8-10-69(121)122,15-12-63(118)93-18-24-130-30-33-133-27-21-112-39-51(106-109-112)45-139-67-36-60(81(86,87)88)99-77(102-67)96-54-48-136-57(42-115)74(127)71(54)124)16-13-64(119)94-19-25-131-31-34-134-28-22-113-40-52(107-110-113)46-140-68-37-61(82(89,90)91)100-78(103-68)97-55-49-137-58(43-116)75(128)72(55)125/h35-40,53-58,70-75,114-116,123-128H,1-34,41-49H2,(H,92,117)(H,93,118)(H,94,119)(H,104,120)(H,121,122)(H,95,98,101)(H,96,99,102)(H,97,100,103)/t53-,54-,55-,56+,57+,58+,70+,71+,72+,73-,74-,75-/m0/s1. The minimum Gasteiger partial charge on any atom is -0.481 e. The van der Waals surface area contributed by atoms with Crippen LogP contribution in [0.15, 0.2) is 36.8 Å². The van der Waals surface area contributed by atoms with E-state index in [-0.39, 0.29) is 233 Å². The fraction of sp³-hybridized carbons (Fsp3) is 0.720. The van der Waals surface area contributed by atoms with Crippen LogP contribution in [0.2, 0.25) is 0 Å². The average molecular weight is 2020 g/mol. The van der Waals surface area contributed by atoms with E-state index in [2.05, 4.69) is 98.1 Å². The highest BCUT2D eigenvalue weighted by Crippen LogP contribution is 2.36. The van der Waals surface area contributed by atoms with Crippen LogP contribution in [0.1, 0.15) is 137 Å². The van der Waals surface area contributed by atoms with Crippen LogP contribution >= 0.6 is 0 Å². The third kappa shape index (κ3) is 39.7. The summed E-state index contributed by atoms with van der Waals surface area (Å²) in [6.45, 7) is -2.21. The number of nitrogens with one attached hydrogen (secondary N) is 7. The number of carboxylic acids is 1. The second-order valence-electron chi connectivity index (χ2n) is 32.7. The summed E-state index contributed by atoms with van der Waals surface area (Å²) in [6.07, 6.45) is -17.7. The average Bonchev–Trinajstić information content (AvgIpc) is 1.37. The number of aliphatic hydroxyl groups is 9. The van der Waals surface area contributed by atoms with Crippen molar-refractivity contribution in [2.24, 2.45) is 0 Å². The Bertz CT molecular complexity index is 4290. The number of carboxylic acid groups (broad SMARTS) is 1. The van der Waals surface area contributed by atoms with E-state index in [4.69, 9.17) is 61.9 Å². The Kier molecular flexibility index (Phi) is 47.0. The van der Waals surface area contributed by atoms with Crippen LogP contribution in [-0.2, 0) is 125 Å². The van der Waals surface area contributed by atoms with Crippen LogP contribution in [0.3, 0.4) is 0 Å². The fourth-order valence-corrected chi connectivity index (χ4v) is 14.2. The zero-order valence-electron chi connectivity index (χ0n) is 76.3. The van der Waals surface area contributed by atoms with Gasteiger partial charge in [0.05, 0.1) is 175 Å². The van der Waals surface area contributed by atoms with Gasteiger partial charge in [0.25, 0.3) is 0 Å². The molecule has 3 fully saturated rings. The lowest BCUT2D eigenvalue weighted by molar-refractivity contribution is -0.152. The molecule has 4 amide bonds. The minimum absolute atomic E-state index is 0.0296. The number of ether oxygens (including phenoxy) is 12. The highest BCUT2D eigenvalue weighted by atomic mass is 19.4. The molecule has 49 nitrogen and oxygen atoms in total. The molecule has 9 heterocycles. The third-order valence-corrected chi connectivity index (χ3v) is 21.9. The topological polar surface area (TPSA) is 652 Å². The lowest BCUT2D eigenvalue weighted by Crippen LogP contribution is -2.56. The number of aliphatic carboxylic acids is 1. The number of anilines is 3. The summed E-state index contributed by atoms with van der Waals surface area (Å²) < 4.78 is 196. The minimum atomic E-state index is -4.93. The first-order valence-electron chi connectivity index (χ1n) is 45.3. The molecule has 9 rings (SSSR count). The summed E-state index contributed by atoms with van der Waals surface area (Å²) in [6, 6.07) is -1.77. The molecule has 12 atom stereocenters. The molecule has 3 aliphatic heterocycles. The van der Waals surface area contributed by atoms with Gasteiger partial charge in [-0.25, -0.2) is 29.0 Å². The van der Waals surface area contributed by atoms with Crippen LogP contribution < -0.4 is 51.4 Å². The van der Waals surface area contributed by atoms with E-state index in [0.717, 1.165) is 32.1 Å². The molecule has 0 aromatic carbocycles. The Hall–Kier alpha value is -10.5. The maximum absolute atomic E-state index is 14.1. The van der Waals surface area contributed by atoms with Gasteiger partial charge in [-0.3, -0.25) is 24.0 Å². The van der Waals surface area contributed by atoms with Crippen molar-refractivity contribution in [2.75, 3.05) is 155 Å². The van der Waals surface area contributed by atoms with E-state index in [1.807, 2.05) is 0 Å². The predicted molar refractivity (Wildman–Crippen MR) is 459 cm³/mol. The maximum atomic E-state index is 14.1. The van der Waals surface area contributed by atoms with Crippen molar-refractivity contribution >= 4 is 47.4 Å². The summed E-state index contributed by atoms with van der Waals surface area (Å²) in [4.78, 5) is 88.6. The smallest absolute Gasteiger partial charge is 0.433 e. The van der Waals surface area contributed by atoms with Gasteiger partial charge in [0.2, 0.25) is 59.1 Å². The molecule has 0 radical (unpaired) electrons. The lowest BCUT2D eigenvalue weighted by atomic mass is 9.82. The van der Waals surface area contributed by atoms with Crippen LogP contribution in [0.4, 0.5) is 57.4 Å². The number of carbonyl (C=O) groups excluding carboxylic acids is 4. The predicted octanol–water partition coefficient (Wildman–Crippen LogP) is -0.666. The number of aromatic nitrogens is 15. The van der Waals surface area contributed by atoms with E-state index in [1.165, 1.54) is 32.6 Å². The molecule has 6 aromatic rings. The summed E-state index contributed by atoms with van der Waals surface area (Å²) in [7, 11) is 0. The summed E-state index contributed by atoms with van der Waals surface area (Å²) >= 11 is 0. The summed E-state index contributed by atoms with van der Waals surface area (Å²) in [5, 5.41) is 142. The first-order chi connectivity index (χ1) is 67.0. The van der Waals surface area contributed by atoms with Crippen molar-refractivity contribution in [1.82, 2.24) is 96.2 Å². The molecule has 0 unspecified atom stereocenters. The van der Waals surface area contributed by atoms with Gasteiger partial charge in [0.1, 0.15) is 91.8 Å². The van der Waals surface area contributed by atoms with Gasteiger partial charge in [0.15, 0.2) is 17.1 Å². The number of hydrogen-bond donors (Lipinski definition) is 17. The summed E-state index contributed by atoms with van der Waals surface area (Å²) in [5.41, 5.74) is -4.83. The quantitative estimate of drug-likeness (QED) is 0.0166. The second kappa shape index (κ2) is 58.1. The molecule has 6 aromatic heterocycles. The number of nitrogens with zero attached hydrogens (tertiary/aromatic N) is 15.